The van der Waals surface area contributed by atoms with Crippen LogP contribution in [0.15, 0.2) is 35.7 Å². The number of carbonyl (C=O) groups excluding carboxylic acids is 3. The molecule has 1 aliphatic carbocycles. The van der Waals surface area contributed by atoms with Crippen LogP contribution < -0.4 is 10.1 Å². The molecule has 0 bridgehead atoms. The number of imide groups is 1. The van der Waals surface area contributed by atoms with Crippen LogP contribution in [-0.4, -0.2) is 47.0 Å². The van der Waals surface area contributed by atoms with Crippen molar-refractivity contribution < 1.29 is 24.2 Å². The van der Waals surface area contributed by atoms with Gasteiger partial charge in [0, 0.05) is 16.0 Å². The first-order valence-electron chi connectivity index (χ1n) is 9.53. The van der Waals surface area contributed by atoms with E-state index in [9.17, 15) is 19.5 Å². The number of hydrogen-bond acceptors (Lipinski definition) is 6. The highest BCUT2D eigenvalue weighted by molar-refractivity contribution is 7.10. The Bertz CT molecular complexity index is 954. The third kappa shape index (κ3) is 3.54. The van der Waals surface area contributed by atoms with Gasteiger partial charge in [-0.05, 0) is 61.9 Å². The molecule has 2 aromatic rings. The van der Waals surface area contributed by atoms with Gasteiger partial charge in [0.05, 0.1) is 6.54 Å². The largest absolute Gasteiger partial charge is 0.491 e. The van der Waals surface area contributed by atoms with Crippen LogP contribution in [0.2, 0.25) is 0 Å². The monoisotopic (exact) mass is 414 g/mol. The predicted octanol–water partition coefficient (Wildman–Crippen LogP) is 2.47. The van der Waals surface area contributed by atoms with Crippen LogP contribution in [0.4, 0.5) is 4.79 Å². The normalized spacial score (nSPS) is 21.8. The molecule has 152 valence electrons. The number of aliphatic hydroxyl groups excluding tert-OH is 1. The van der Waals surface area contributed by atoms with Crippen molar-refractivity contribution in [2.45, 2.75) is 37.8 Å². The number of nitrogens with one attached hydrogen (secondary N) is 1. The van der Waals surface area contributed by atoms with Gasteiger partial charge in [0.15, 0.2) is 5.78 Å². The van der Waals surface area contributed by atoms with Gasteiger partial charge >= 0.3 is 6.03 Å². The Morgan fingerprint density at radius 1 is 1.31 bits per heavy atom. The number of aliphatic hydroxyl groups is 1. The summed E-state index contributed by atoms with van der Waals surface area (Å²) in [6.07, 6.45) is 1.27. The van der Waals surface area contributed by atoms with Crippen LogP contribution >= 0.6 is 11.3 Å². The Kier molecular flexibility index (Phi) is 5.14. The van der Waals surface area contributed by atoms with E-state index in [0.29, 0.717) is 17.7 Å². The first-order chi connectivity index (χ1) is 13.9. The van der Waals surface area contributed by atoms with Crippen molar-refractivity contribution >= 4 is 29.1 Å². The maximum absolute atomic E-state index is 13.1. The molecule has 3 amide bonds. The summed E-state index contributed by atoms with van der Waals surface area (Å²) in [5.74, 6) is 0.144. The molecule has 0 radical (unpaired) electrons. The molecule has 0 unspecified atom stereocenters. The van der Waals surface area contributed by atoms with Crippen molar-refractivity contribution in [3.63, 3.8) is 0 Å². The van der Waals surface area contributed by atoms with Gasteiger partial charge in [0.2, 0.25) is 0 Å². The van der Waals surface area contributed by atoms with Gasteiger partial charge in [0.1, 0.15) is 24.0 Å². The van der Waals surface area contributed by atoms with Crippen LogP contribution in [0, 0.1) is 0 Å². The summed E-state index contributed by atoms with van der Waals surface area (Å²) in [6, 6.07) is 8.00. The fourth-order valence-corrected chi connectivity index (χ4v) is 4.95. The summed E-state index contributed by atoms with van der Waals surface area (Å²) in [7, 11) is 0. The van der Waals surface area contributed by atoms with Crippen LogP contribution in [0.25, 0.3) is 0 Å². The Labute approximate surface area is 172 Å². The average molecular weight is 414 g/mol. The van der Waals surface area contributed by atoms with E-state index in [4.69, 9.17) is 4.74 Å². The lowest BCUT2D eigenvalue weighted by Gasteiger charge is -2.31. The summed E-state index contributed by atoms with van der Waals surface area (Å²) in [6.45, 7) is 1.26. The summed E-state index contributed by atoms with van der Waals surface area (Å²) >= 11 is 1.60. The van der Waals surface area contributed by atoms with Gasteiger partial charge in [-0.15, -0.1) is 11.3 Å². The second-order valence-electron chi connectivity index (χ2n) is 7.41. The molecule has 4 rings (SSSR count). The van der Waals surface area contributed by atoms with Crippen LogP contribution in [-0.2, 0) is 16.8 Å². The molecule has 1 aromatic carbocycles. The Morgan fingerprint density at radius 2 is 2.07 bits per heavy atom. The number of carbonyl (C=O) groups is 3. The maximum atomic E-state index is 13.1. The van der Waals surface area contributed by atoms with E-state index in [1.165, 1.54) is 6.92 Å². The van der Waals surface area contributed by atoms with Gasteiger partial charge in [-0.3, -0.25) is 14.5 Å². The Hall–Kier alpha value is -2.71. The van der Waals surface area contributed by atoms with E-state index in [1.54, 1.807) is 35.6 Å². The van der Waals surface area contributed by atoms with E-state index in [2.05, 4.69) is 5.32 Å². The molecule has 0 saturated carbocycles. The predicted molar refractivity (Wildman–Crippen MR) is 107 cm³/mol. The number of β-amino-alcohol motifs (C(OH)–C–C–N with tert-alkyl or cyclic N) is 1. The summed E-state index contributed by atoms with van der Waals surface area (Å²) in [4.78, 5) is 39.2. The lowest BCUT2D eigenvalue weighted by Crippen LogP contribution is -2.46. The fourth-order valence-electron chi connectivity index (χ4n) is 3.95. The smallest absolute Gasteiger partial charge is 0.325 e. The molecule has 2 atom stereocenters. The minimum Gasteiger partial charge on any atom is -0.491 e. The second kappa shape index (κ2) is 7.61. The number of amides is 3. The van der Waals surface area contributed by atoms with Crippen molar-refractivity contribution in [2.24, 2.45) is 0 Å². The zero-order valence-corrected chi connectivity index (χ0v) is 16.8. The zero-order valence-electron chi connectivity index (χ0n) is 16.0. The number of thiophene rings is 1. The molecule has 2 aliphatic rings. The number of nitrogens with zero attached hydrogens (tertiary/aromatic N) is 1. The molecule has 7 nitrogen and oxygen atoms in total. The molecule has 1 spiro atoms. The standard InChI is InChI=1S/C21H22N2O5S/c1-13(24)14-4-6-16(7-5-14)28-12-15(25)11-23-19(26)21(22-20(23)27)9-2-3-18-17(21)8-10-29-18/h4-8,10,15,25H,2-3,9,11-12H2,1H3,(H,22,27)/t15-,21+/m0/s1. The van der Waals surface area contributed by atoms with Crippen molar-refractivity contribution in [3.05, 3.63) is 51.7 Å². The molecule has 8 heteroatoms. The van der Waals surface area contributed by atoms with E-state index in [1.807, 2.05) is 11.4 Å². The number of Topliss-reactive ketones (excluding diaryl/α,β-unsaturated/α-hetero) is 1. The lowest BCUT2D eigenvalue weighted by atomic mass is 9.80. The summed E-state index contributed by atoms with van der Waals surface area (Å²) < 4.78 is 5.53. The van der Waals surface area contributed by atoms with E-state index in [0.717, 1.165) is 28.2 Å². The van der Waals surface area contributed by atoms with Crippen LogP contribution in [0.3, 0.4) is 0 Å². The maximum Gasteiger partial charge on any atom is 0.325 e. The average Bonchev–Trinajstić information content (AvgIpc) is 3.27. The summed E-state index contributed by atoms with van der Waals surface area (Å²) in [5, 5.41) is 15.2. The van der Waals surface area contributed by atoms with E-state index in [-0.39, 0.29) is 24.8 Å². The zero-order chi connectivity index (χ0) is 20.6. The lowest BCUT2D eigenvalue weighted by molar-refractivity contribution is -0.133. The number of fused-ring (bicyclic) bond motifs is 2. The van der Waals surface area contributed by atoms with Crippen molar-refractivity contribution in [3.8, 4) is 5.75 Å². The molecular formula is C21H22N2O5S. The van der Waals surface area contributed by atoms with Crippen LogP contribution in [0.1, 0.15) is 40.6 Å². The molecular weight excluding hydrogens is 392 g/mol. The first kappa shape index (κ1) is 19.6. The molecule has 2 heterocycles. The third-order valence-corrected chi connectivity index (χ3v) is 6.41. The van der Waals surface area contributed by atoms with E-state index >= 15 is 0 Å². The molecule has 2 N–H and O–H groups in total. The topological polar surface area (TPSA) is 95.9 Å². The minimum absolute atomic E-state index is 0.0411. The second-order valence-corrected chi connectivity index (χ2v) is 8.41. The van der Waals surface area contributed by atoms with Crippen LogP contribution in [0.5, 0.6) is 5.75 Å². The number of ketones is 1. The van der Waals surface area contributed by atoms with Crippen molar-refractivity contribution in [1.82, 2.24) is 10.2 Å². The minimum atomic E-state index is -1.03. The molecule has 1 aliphatic heterocycles. The molecule has 1 fully saturated rings. The SMILES string of the molecule is CC(=O)c1ccc(OC[C@@H](O)CN2C(=O)N[C@@]3(CCCc4sccc43)C2=O)cc1. The van der Waals surface area contributed by atoms with Crippen molar-refractivity contribution in [2.75, 3.05) is 13.2 Å². The number of ether oxygens (including phenoxy) is 1. The number of rotatable bonds is 6. The molecule has 1 aromatic heterocycles. The highest BCUT2D eigenvalue weighted by Crippen LogP contribution is 2.42. The number of benzene rings is 1. The van der Waals surface area contributed by atoms with E-state index < -0.39 is 17.7 Å². The van der Waals surface area contributed by atoms with Crippen molar-refractivity contribution in [1.29, 1.82) is 0 Å². The van der Waals surface area contributed by atoms with Gasteiger partial charge in [0.25, 0.3) is 5.91 Å². The molecule has 29 heavy (non-hydrogen) atoms. The van der Waals surface area contributed by atoms with Gasteiger partial charge in [-0.2, -0.15) is 0 Å². The Morgan fingerprint density at radius 3 is 2.79 bits per heavy atom. The Balaban J connectivity index is 1.40. The first-order valence-corrected chi connectivity index (χ1v) is 10.4. The number of aryl methyl sites for hydroxylation is 1. The fraction of sp³-hybridized carbons (Fsp3) is 0.381. The van der Waals surface area contributed by atoms with Gasteiger partial charge in [-0.1, -0.05) is 0 Å². The van der Waals surface area contributed by atoms with Gasteiger partial charge < -0.3 is 15.2 Å². The van der Waals surface area contributed by atoms with Gasteiger partial charge in [-0.25, -0.2) is 4.79 Å². The highest BCUT2D eigenvalue weighted by atomic mass is 32.1. The molecule has 1 saturated heterocycles. The number of urea groups is 1. The quantitative estimate of drug-likeness (QED) is 0.559. The summed E-state index contributed by atoms with van der Waals surface area (Å²) in [5.41, 5.74) is 0.446. The highest BCUT2D eigenvalue weighted by Gasteiger charge is 2.54. The number of hydrogen-bond donors (Lipinski definition) is 2. The third-order valence-electron chi connectivity index (χ3n) is 5.43.